The molecule has 0 aliphatic carbocycles. The largest absolute Gasteiger partial charge is 0.345 e. The van der Waals surface area contributed by atoms with Crippen LogP contribution in [0.15, 0.2) is 60.7 Å². The molecule has 0 atom stereocenters. The average molecular weight is 237 g/mol. The lowest BCUT2D eigenvalue weighted by Gasteiger charge is -2.19. The van der Waals surface area contributed by atoms with Gasteiger partial charge in [0.15, 0.2) is 0 Å². The van der Waals surface area contributed by atoms with Crippen molar-refractivity contribution in [3.63, 3.8) is 0 Å². The SMILES string of the molecule is CC/C=C/c1ccc(N(C)c2ccccc2)cc1. The fourth-order valence-corrected chi connectivity index (χ4v) is 1.86. The van der Waals surface area contributed by atoms with Crippen LogP contribution < -0.4 is 4.90 Å². The zero-order valence-electron chi connectivity index (χ0n) is 11.0. The van der Waals surface area contributed by atoms with E-state index in [1.165, 1.54) is 16.9 Å². The highest BCUT2D eigenvalue weighted by Gasteiger charge is 2.01. The van der Waals surface area contributed by atoms with Crippen molar-refractivity contribution in [2.24, 2.45) is 0 Å². The maximum atomic E-state index is 2.19. The lowest BCUT2D eigenvalue weighted by Crippen LogP contribution is -2.08. The molecule has 0 aliphatic rings. The second-order valence-electron chi connectivity index (χ2n) is 4.30. The van der Waals surface area contributed by atoms with E-state index in [1.54, 1.807) is 0 Å². The van der Waals surface area contributed by atoms with Gasteiger partial charge in [-0.2, -0.15) is 0 Å². The number of hydrogen-bond acceptors (Lipinski definition) is 1. The van der Waals surface area contributed by atoms with Gasteiger partial charge in [0.1, 0.15) is 0 Å². The number of rotatable bonds is 4. The molecule has 0 spiro atoms. The molecule has 0 amide bonds. The summed E-state index contributed by atoms with van der Waals surface area (Å²) in [5.74, 6) is 0. The van der Waals surface area contributed by atoms with Gasteiger partial charge in [0, 0.05) is 18.4 Å². The number of benzene rings is 2. The van der Waals surface area contributed by atoms with Crippen LogP contribution in [0.2, 0.25) is 0 Å². The molecule has 1 heteroatoms. The van der Waals surface area contributed by atoms with Crippen LogP contribution in [0.25, 0.3) is 6.08 Å². The molecule has 0 saturated carbocycles. The molecule has 2 aromatic rings. The normalized spacial score (nSPS) is 10.8. The maximum absolute atomic E-state index is 2.19. The Morgan fingerprint density at radius 2 is 1.50 bits per heavy atom. The van der Waals surface area contributed by atoms with Crippen LogP contribution >= 0.6 is 0 Å². The van der Waals surface area contributed by atoms with Gasteiger partial charge in [-0.05, 0) is 36.2 Å². The third kappa shape index (κ3) is 3.01. The molecule has 0 radical (unpaired) electrons. The quantitative estimate of drug-likeness (QED) is 0.732. The van der Waals surface area contributed by atoms with Gasteiger partial charge in [-0.3, -0.25) is 0 Å². The van der Waals surface area contributed by atoms with Gasteiger partial charge in [0.05, 0.1) is 0 Å². The molecule has 92 valence electrons. The predicted octanol–water partition coefficient (Wildman–Crippen LogP) is 4.88. The van der Waals surface area contributed by atoms with Crippen molar-refractivity contribution < 1.29 is 0 Å². The first kappa shape index (κ1) is 12.4. The summed E-state index contributed by atoms with van der Waals surface area (Å²) < 4.78 is 0. The summed E-state index contributed by atoms with van der Waals surface area (Å²) in [7, 11) is 2.09. The number of nitrogens with zero attached hydrogens (tertiary/aromatic N) is 1. The topological polar surface area (TPSA) is 3.24 Å². The molecule has 0 aromatic heterocycles. The Balaban J connectivity index is 2.17. The Morgan fingerprint density at radius 3 is 2.11 bits per heavy atom. The Kier molecular flexibility index (Phi) is 4.19. The van der Waals surface area contributed by atoms with Gasteiger partial charge < -0.3 is 4.90 Å². The van der Waals surface area contributed by atoms with Crippen molar-refractivity contribution in [3.05, 3.63) is 66.2 Å². The van der Waals surface area contributed by atoms with Gasteiger partial charge >= 0.3 is 0 Å². The van der Waals surface area contributed by atoms with Crippen LogP contribution in [-0.4, -0.2) is 7.05 Å². The van der Waals surface area contributed by atoms with Crippen molar-refractivity contribution in [1.29, 1.82) is 0 Å². The van der Waals surface area contributed by atoms with Crippen LogP contribution in [0.5, 0.6) is 0 Å². The highest BCUT2D eigenvalue weighted by molar-refractivity contribution is 5.64. The minimum absolute atomic E-state index is 1.08. The molecule has 18 heavy (non-hydrogen) atoms. The average Bonchev–Trinajstić information content (AvgIpc) is 2.46. The van der Waals surface area contributed by atoms with E-state index in [9.17, 15) is 0 Å². The monoisotopic (exact) mass is 237 g/mol. The number of allylic oxidation sites excluding steroid dienone is 1. The van der Waals surface area contributed by atoms with Gasteiger partial charge in [-0.15, -0.1) is 0 Å². The predicted molar refractivity (Wildman–Crippen MR) is 80.3 cm³/mol. The molecular weight excluding hydrogens is 218 g/mol. The molecule has 0 aliphatic heterocycles. The summed E-state index contributed by atoms with van der Waals surface area (Å²) in [6.07, 6.45) is 5.41. The van der Waals surface area contributed by atoms with E-state index in [0.29, 0.717) is 0 Å². The van der Waals surface area contributed by atoms with Crippen molar-refractivity contribution in [2.75, 3.05) is 11.9 Å². The molecule has 0 saturated heterocycles. The van der Waals surface area contributed by atoms with E-state index in [0.717, 1.165) is 6.42 Å². The number of hydrogen-bond donors (Lipinski definition) is 0. The third-order valence-corrected chi connectivity index (χ3v) is 2.97. The van der Waals surface area contributed by atoms with Crippen LogP contribution in [0, 0.1) is 0 Å². The molecule has 0 N–H and O–H groups in total. The molecule has 0 unspecified atom stereocenters. The molecule has 2 rings (SSSR count). The van der Waals surface area contributed by atoms with Crippen LogP contribution in [-0.2, 0) is 0 Å². The first-order valence-electron chi connectivity index (χ1n) is 6.36. The first-order chi connectivity index (χ1) is 8.81. The maximum Gasteiger partial charge on any atom is 0.0408 e. The summed E-state index contributed by atoms with van der Waals surface area (Å²) in [5.41, 5.74) is 3.66. The molecule has 2 aromatic carbocycles. The van der Waals surface area contributed by atoms with Crippen molar-refractivity contribution in [1.82, 2.24) is 0 Å². The summed E-state index contributed by atoms with van der Waals surface area (Å²) in [6, 6.07) is 19.0. The minimum atomic E-state index is 1.08. The van der Waals surface area contributed by atoms with Crippen LogP contribution in [0.3, 0.4) is 0 Å². The standard InChI is InChI=1S/C17H19N/c1-3-4-8-15-11-13-17(14-12-15)18(2)16-9-6-5-7-10-16/h4-14H,3H2,1-2H3/b8-4+. The molecule has 0 heterocycles. The first-order valence-corrected chi connectivity index (χ1v) is 6.36. The van der Waals surface area contributed by atoms with E-state index in [4.69, 9.17) is 0 Å². The number of anilines is 2. The Hall–Kier alpha value is -2.02. The van der Waals surface area contributed by atoms with E-state index in [2.05, 4.69) is 79.6 Å². The lowest BCUT2D eigenvalue weighted by molar-refractivity contribution is 1.21. The summed E-state index contributed by atoms with van der Waals surface area (Å²) in [4.78, 5) is 2.19. The Labute approximate surface area is 109 Å². The molecule has 0 bridgehead atoms. The molecule has 0 fully saturated rings. The lowest BCUT2D eigenvalue weighted by atomic mass is 10.1. The van der Waals surface area contributed by atoms with E-state index in [-0.39, 0.29) is 0 Å². The number of para-hydroxylation sites is 1. The highest BCUT2D eigenvalue weighted by atomic mass is 15.1. The smallest absolute Gasteiger partial charge is 0.0408 e. The second-order valence-corrected chi connectivity index (χ2v) is 4.30. The zero-order valence-corrected chi connectivity index (χ0v) is 11.0. The van der Waals surface area contributed by atoms with Gasteiger partial charge in [-0.1, -0.05) is 49.4 Å². The highest BCUT2D eigenvalue weighted by Crippen LogP contribution is 2.23. The molecular formula is C17H19N. The fourth-order valence-electron chi connectivity index (χ4n) is 1.86. The molecule has 1 nitrogen and oxygen atoms in total. The third-order valence-electron chi connectivity index (χ3n) is 2.97. The summed E-state index contributed by atoms with van der Waals surface area (Å²) >= 11 is 0. The van der Waals surface area contributed by atoms with E-state index in [1.807, 2.05) is 6.07 Å². The van der Waals surface area contributed by atoms with Gasteiger partial charge in [0.25, 0.3) is 0 Å². The van der Waals surface area contributed by atoms with E-state index < -0.39 is 0 Å². The van der Waals surface area contributed by atoms with Crippen molar-refractivity contribution >= 4 is 17.5 Å². The van der Waals surface area contributed by atoms with Gasteiger partial charge in [0.2, 0.25) is 0 Å². The summed E-state index contributed by atoms with van der Waals surface area (Å²) in [5, 5.41) is 0. The summed E-state index contributed by atoms with van der Waals surface area (Å²) in [6.45, 7) is 2.15. The van der Waals surface area contributed by atoms with Crippen molar-refractivity contribution in [3.8, 4) is 0 Å². The second kappa shape index (κ2) is 6.06. The Morgan fingerprint density at radius 1 is 0.889 bits per heavy atom. The van der Waals surface area contributed by atoms with Crippen molar-refractivity contribution in [2.45, 2.75) is 13.3 Å². The zero-order chi connectivity index (χ0) is 12.8. The fraction of sp³-hybridized carbons (Fsp3) is 0.176. The van der Waals surface area contributed by atoms with Gasteiger partial charge in [-0.25, -0.2) is 0 Å². The van der Waals surface area contributed by atoms with E-state index >= 15 is 0 Å². The minimum Gasteiger partial charge on any atom is -0.345 e. The van der Waals surface area contributed by atoms with Crippen LogP contribution in [0.1, 0.15) is 18.9 Å². The Bertz CT molecular complexity index is 497. The van der Waals surface area contributed by atoms with Crippen LogP contribution in [0.4, 0.5) is 11.4 Å².